The van der Waals surface area contributed by atoms with Crippen molar-refractivity contribution in [2.24, 2.45) is 5.41 Å². The monoisotopic (exact) mass is 442 g/mol. The van der Waals surface area contributed by atoms with Crippen LogP contribution in [0.1, 0.15) is 33.7 Å². The SMILES string of the molecule is Cc1ccc(-c2cccc(C[C@@]3(C(=O)N(C)C)CCN(C(=O)c4cnc(C)cn4)C3)c2)cc1. The molecule has 0 saturated carbocycles. The molecule has 0 spiro atoms. The molecule has 6 heteroatoms. The summed E-state index contributed by atoms with van der Waals surface area (Å²) in [7, 11) is 3.56. The number of carbonyl (C=O) groups is 2. The van der Waals surface area contributed by atoms with E-state index in [1.54, 1.807) is 30.1 Å². The number of aryl methyl sites for hydroxylation is 2. The van der Waals surface area contributed by atoms with Gasteiger partial charge in [0.15, 0.2) is 0 Å². The highest BCUT2D eigenvalue weighted by molar-refractivity contribution is 5.93. The van der Waals surface area contributed by atoms with Gasteiger partial charge in [-0.3, -0.25) is 14.6 Å². The summed E-state index contributed by atoms with van der Waals surface area (Å²) in [6, 6.07) is 16.8. The molecule has 2 heterocycles. The summed E-state index contributed by atoms with van der Waals surface area (Å²) in [5, 5.41) is 0. The van der Waals surface area contributed by atoms with Crippen LogP contribution in [-0.4, -0.2) is 58.8 Å². The van der Waals surface area contributed by atoms with Gasteiger partial charge in [-0.05, 0) is 43.4 Å². The van der Waals surface area contributed by atoms with Crippen LogP contribution in [0.3, 0.4) is 0 Å². The molecule has 1 aliphatic heterocycles. The Balaban J connectivity index is 1.60. The lowest BCUT2D eigenvalue weighted by Crippen LogP contribution is -2.44. The molecule has 6 nitrogen and oxygen atoms in total. The van der Waals surface area contributed by atoms with E-state index in [2.05, 4.69) is 59.4 Å². The lowest BCUT2D eigenvalue weighted by molar-refractivity contribution is -0.138. The van der Waals surface area contributed by atoms with Crippen molar-refractivity contribution in [3.8, 4) is 11.1 Å². The fourth-order valence-electron chi connectivity index (χ4n) is 4.58. The highest BCUT2D eigenvalue weighted by Gasteiger charge is 2.47. The fraction of sp³-hybridized carbons (Fsp3) is 0.333. The van der Waals surface area contributed by atoms with Crippen molar-refractivity contribution in [2.75, 3.05) is 27.2 Å². The van der Waals surface area contributed by atoms with Crippen LogP contribution in [0.15, 0.2) is 60.9 Å². The summed E-state index contributed by atoms with van der Waals surface area (Å²) in [6.45, 7) is 4.80. The van der Waals surface area contributed by atoms with Crippen LogP contribution in [0.25, 0.3) is 11.1 Å². The number of hydrogen-bond donors (Lipinski definition) is 0. The Morgan fingerprint density at radius 1 is 1.00 bits per heavy atom. The standard InChI is InChI=1S/C27H30N4O2/c1-19-8-10-22(11-9-19)23-7-5-6-21(14-23)15-27(26(33)30(3)4)12-13-31(18-27)25(32)24-17-28-20(2)16-29-24/h5-11,14,16-17H,12-13,15,18H2,1-4H3/t27-/m0/s1. The van der Waals surface area contributed by atoms with Crippen molar-refractivity contribution in [2.45, 2.75) is 26.7 Å². The second kappa shape index (κ2) is 9.14. The van der Waals surface area contributed by atoms with Gasteiger partial charge in [0.25, 0.3) is 5.91 Å². The van der Waals surface area contributed by atoms with Gasteiger partial charge in [-0.1, -0.05) is 54.1 Å². The minimum Gasteiger partial charge on any atom is -0.348 e. The number of hydrogen-bond acceptors (Lipinski definition) is 4. The summed E-state index contributed by atoms with van der Waals surface area (Å²) < 4.78 is 0. The molecular weight excluding hydrogens is 412 g/mol. The van der Waals surface area contributed by atoms with E-state index in [-0.39, 0.29) is 11.8 Å². The van der Waals surface area contributed by atoms with Crippen LogP contribution in [0.5, 0.6) is 0 Å². The van der Waals surface area contributed by atoms with Crippen LogP contribution < -0.4 is 0 Å². The van der Waals surface area contributed by atoms with E-state index in [0.717, 1.165) is 22.4 Å². The molecular formula is C27H30N4O2. The quantitative estimate of drug-likeness (QED) is 0.601. The van der Waals surface area contributed by atoms with E-state index in [0.29, 0.717) is 31.6 Å². The summed E-state index contributed by atoms with van der Waals surface area (Å²) in [5.74, 6) is -0.127. The van der Waals surface area contributed by atoms with Crippen LogP contribution in [0, 0.1) is 19.3 Å². The first-order chi connectivity index (χ1) is 15.8. The molecule has 0 radical (unpaired) electrons. The Morgan fingerprint density at radius 2 is 1.76 bits per heavy atom. The molecule has 1 saturated heterocycles. The molecule has 170 valence electrons. The number of nitrogens with zero attached hydrogens (tertiary/aromatic N) is 4. The third kappa shape index (κ3) is 4.80. The van der Waals surface area contributed by atoms with Crippen LogP contribution >= 0.6 is 0 Å². The zero-order valence-electron chi connectivity index (χ0n) is 19.7. The van der Waals surface area contributed by atoms with Crippen molar-refractivity contribution >= 4 is 11.8 Å². The van der Waals surface area contributed by atoms with E-state index in [1.165, 1.54) is 11.8 Å². The van der Waals surface area contributed by atoms with E-state index >= 15 is 0 Å². The molecule has 2 amide bonds. The number of rotatable bonds is 5. The van der Waals surface area contributed by atoms with Gasteiger partial charge in [-0.2, -0.15) is 0 Å². The average molecular weight is 443 g/mol. The number of benzene rings is 2. The van der Waals surface area contributed by atoms with E-state index in [9.17, 15) is 9.59 Å². The summed E-state index contributed by atoms with van der Waals surface area (Å²) in [6.07, 6.45) is 4.30. The molecule has 0 aliphatic carbocycles. The van der Waals surface area contributed by atoms with Crippen LogP contribution in [0.4, 0.5) is 0 Å². The van der Waals surface area contributed by atoms with Crippen LogP contribution in [-0.2, 0) is 11.2 Å². The Labute approximate surface area is 195 Å². The van der Waals surface area contributed by atoms with E-state index < -0.39 is 5.41 Å². The summed E-state index contributed by atoms with van der Waals surface area (Å²) in [4.78, 5) is 38.2. The minimum atomic E-state index is -0.664. The third-order valence-corrected chi connectivity index (χ3v) is 6.36. The summed E-state index contributed by atoms with van der Waals surface area (Å²) >= 11 is 0. The second-order valence-electron chi connectivity index (χ2n) is 9.24. The molecule has 4 rings (SSSR count). The van der Waals surface area contributed by atoms with Gasteiger partial charge >= 0.3 is 0 Å². The van der Waals surface area contributed by atoms with Gasteiger partial charge in [-0.25, -0.2) is 4.98 Å². The molecule has 33 heavy (non-hydrogen) atoms. The Kier molecular flexibility index (Phi) is 6.27. The van der Waals surface area contributed by atoms with Gasteiger partial charge in [0.1, 0.15) is 5.69 Å². The number of likely N-dealkylation sites (tertiary alicyclic amines) is 1. The maximum absolute atomic E-state index is 13.4. The van der Waals surface area contributed by atoms with Crippen LogP contribution in [0.2, 0.25) is 0 Å². The van der Waals surface area contributed by atoms with Crippen molar-refractivity contribution in [3.05, 3.63) is 83.4 Å². The third-order valence-electron chi connectivity index (χ3n) is 6.36. The van der Waals surface area contributed by atoms with Gasteiger partial charge in [-0.15, -0.1) is 0 Å². The maximum atomic E-state index is 13.4. The van der Waals surface area contributed by atoms with Gasteiger partial charge < -0.3 is 9.80 Å². The molecule has 1 fully saturated rings. The maximum Gasteiger partial charge on any atom is 0.274 e. The molecule has 2 aromatic carbocycles. The molecule has 0 bridgehead atoms. The Hall–Kier alpha value is -3.54. The fourth-order valence-corrected chi connectivity index (χ4v) is 4.58. The predicted molar refractivity (Wildman–Crippen MR) is 129 cm³/mol. The van der Waals surface area contributed by atoms with E-state index in [4.69, 9.17) is 0 Å². The topological polar surface area (TPSA) is 66.4 Å². The average Bonchev–Trinajstić information content (AvgIpc) is 3.24. The zero-order chi connectivity index (χ0) is 23.6. The minimum absolute atomic E-state index is 0.0496. The first-order valence-electron chi connectivity index (χ1n) is 11.2. The smallest absolute Gasteiger partial charge is 0.274 e. The highest BCUT2D eigenvalue weighted by atomic mass is 16.2. The first-order valence-corrected chi connectivity index (χ1v) is 11.2. The normalized spacial score (nSPS) is 17.8. The van der Waals surface area contributed by atoms with Gasteiger partial charge in [0, 0.05) is 33.4 Å². The van der Waals surface area contributed by atoms with Crippen molar-refractivity contribution in [1.82, 2.24) is 19.8 Å². The molecule has 0 unspecified atom stereocenters. The largest absolute Gasteiger partial charge is 0.348 e. The highest BCUT2D eigenvalue weighted by Crippen LogP contribution is 2.37. The van der Waals surface area contributed by atoms with Gasteiger partial charge in [0.2, 0.25) is 5.91 Å². The Bertz CT molecular complexity index is 1160. The van der Waals surface area contributed by atoms with Crippen molar-refractivity contribution in [3.63, 3.8) is 0 Å². The van der Waals surface area contributed by atoms with Crippen molar-refractivity contribution in [1.29, 1.82) is 0 Å². The molecule has 1 atom stereocenters. The molecule has 1 aromatic heterocycles. The Morgan fingerprint density at radius 3 is 2.42 bits per heavy atom. The number of aromatic nitrogens is 2. The zero-order valence-corrected chi connectivity index (χ0v) is 19.7. The molecule has 3 aromatic rings. The number of amides is 2. The first kappa shape index (κ1) is 22.6. The summed E-state index contributed by atoms with van der Waals surface area (Å²) in [5.41, 5.74) is 5.00. The number of carbonyl (C=O) groups excluding carboxylic acids is 2. The molecule has 0 N–H and O–H groups in total. The van der Waals surface area contributed by atoms with Crippen molar-refractivity contribution < 1.29 is 9.59 Å². The molecule has 1 aliphatic rings. The lowest BCUT2D eigenvalue weighted by Gasteiger charge is -2.31. The lowest BCUT2D eigenvalue weighted by atomic mass is 9.79. The predicted octanol–water partition coefficient (Wildman–Crippen LogP) is 3.92. The second-order valence-corrected chi connectivity index (χ2v) is 9.24. The van der Waals surface area contributed by atoms with Gasteiger partial charge in [0.05, 0.1) is 17.3 Å². The van der Waals surface area contributed by atoms with E-state index in [1.807, 2.05) is 13.0 Å².